The molecule has 11 nitrogen and oxygen atoms in total. The molecule has 4 heterocycles. The van der Waals surface area contributed by atoms with Crippen molar-refractivity contribution in [1.82, 2.24) is 26.1 Å². The number of rotatable bonds is 7. The van der Waals surface area contributed by atoms with Crippen molar-refractivity contribution >= 4 is 17.6 Å². The molecule has 4 rings (SSSR count). The molecule has 3 N–H and O–H groups in total. The van der Waals surface area contributed by atoms with Gasteiger partial charge in [0.25, 0.3) is 5.91 Å². The van der Waals surface area contributed by atoms with Gasteiger partial charge in [-0.15, -0.1) is 0 Å². The highest BCUT2D eigenvalue weighted by atomic mass is 19.4. The van der Waals surface area contributed by atoms with Gasteiger partial charge in [-0.1, -0.05) is 0 Å². The Hall–Kier alpha value is -3.15. The summed E-state index contributed by atoms with van der Waals surface area (Å²) < 4.78 is 50.4. The minimum atomic E-state index is -4.50. The molecular weight excluding hydrogens is 495 g/mol. The number of ether oxygens (including phenoxy) is 2. The minimum Gasteiger partial charge on any atom is -0.490 e. The third-order valence-corrected chi connectivity index (χ3v) is 6.66. The van der Waals surface area contributed by atoms with Crippen LogP contribution < -0.4 is 25.8 Å². The number of halogens is 3. The number of carbonyl (C=O) groups excluding carboxylic acids is 2. The molecule has 0 spiro atoms. The van der Waals surface area contributed by atoms with Crippen molar-refractivity contribution in [2.45, 2.75) is 44.1 Å². The fourth-order valence-corrected chi connectivity index (χ4v) is 4.75. The molecule has 1 aromatic rings. The smallest absolute Gasteiger partial charge is 0.418 e. The lowest BCUT2D eigenvalue weighted by Crippen LogP contribution is -2.61. The van der Waals surface area contributed by atoms with Crippen molar-refractivity contribution in [3.05, 3.63) is 17.8 Å². The molecule has 202 valence electrons. The van der Waals surface area contributed by atoms with Crippen LogP contribution in [0.4, 0.5) is 19.0 Å². The van der Waals surface area contributed by atoms with Crippen molar-refractivity contribution in [2.24, 2.45) is 5.92 Å². The second-order valence-electron chi connectivity index (χ2n) is 9.34. The van der Waals surface area contributed by atoms with Crippen LogP contribution in [0.2, 0.25) is 0 Å². The van der Waals surface area contributed by atoms with Crippen LogP contribution in [-0.2, 0) is 20.5 Å². The average Bonchev–Trinajstić information content (AvgIpc) is 3.04. The molecule has 0 aromatic carbocycles. The molecule has 3 aliphatic heterocycles. The summed E-state index contributed by atoms with van der Waals surface area (Å²) in [5.74, 6) is -0.762. The zero-order chi connectivity index (χ0) is 26.6. The number of alkyl halides is 3. The summed E-state index contributed by atoms with van der Waals surface area (Å²) in [7, 11) is 0. The Balaban J connectivity index is 1.23. The van der Waals surface area contributed by atoms with Crippen LogP contribution in [0.3, 0.4) is 0 Å². The summed E-state index contributed by atoms with van der Waals surface area (Å²) in [6, 6.07) is 2.39. The third kappa shape index (κ3) is 6.41. The first-order chi connectivity index (χ1) is 17.7. The van der Waals surface area contributed by atoms with E-state index < -0.39 is 17.7 Å². The van der Waals surface area contributed by atoms with E-state index in [1.807, 2.05) is 17.9 Å². The zero-order valence-corrected chi connectivity index (χ0v) is 20.4. The Morgan fingerprint density at radius 1 is 1.43 bits per heavy atom. The number of aromatic nitrogens is 1. The Morgan fingerprint density at radius 2 is 2.24 bits per heavy atom. The van der Waals surface area contributed by atoms with Gasteiger partial charge in [0.15, 0.2) is 11.6 Å². The number of nitriles is 1. The highest BCUT2D eigenvalue weighted by molar-refractivity contribution is 5.82. The fourth-order valence-electron chi connectivity index (χ4n) is 4.75. The number of nitrogens with one attached hydrogen (secondary N) is 3. The van der Waals surface area contributed by atoms with Gasteiger partial charge in [0.1, 0.15) is 5.92 Å². The summed E-state index contributed by atoms with van der Waals surface area (Å²) in [5.41, 5.74) is 4.33. The van der Waals surface area contributed by atoms with Crippen LogP contribution in [0.5, 0.6) is 5.75 Å². The van der Waals surface area contributed by atoms with Crippen LogP contribution in [0, 0.1) is 17.2 Å². The van der Waals surface area contributed by atoms with E-state index in [2.05, 4.69) is 21.2 Å². The molecule has 14 heteroatoms. The van der Waals surface area contributed by atoms with E-state index >= 15 is 0 Å². The van der Waals surface area contributed by atoms with E-state index in [1.165, 1.54) is 0 Å². The highest BCUT2D eigenvalue weighted by Gasteiger charge is 2.37. The van der Waals surface area contributed by atoms with Crippen molar-refractivity contribution in [2.75, 3.05) is 50.9 Å². The highest BCUT2D eigenvalue weighted by Crippen LogP contribution is 2.38. The topological polar surface area (TPSA) is 132 Å². The van der Waals surface area contributed by atoms with E-state index in [4.69, 9.17) is 9.47 Å². The molecule has 2 saturated heterocycles. The van der Waals surface area contributed by atoms with Crippen molar-refractivity contribution in [3.8, 4) is 11.8 Å². The molecule has 37 heavy (non-hydrogen) atoms. The molecule has 2 unspecified atom stereocenters. The maximum atomic E-state index is 13.1. The van der Waals surface area contributed by atoms with Gasteiger partial charge < -0.3 is 24.6 Å². The van der Waals surface area contributed by atoms with Gasteiger partial charge in [0.05, 0.1) is 43.9 Å². The lowest BCUT2D eigenvalue weighted by Gasteiger charge is -2.41. The molecule has 2 amide bonds. The maximum absolute atomic E-state index is 13.1. The Kier molecular flexibility index (Phi) is 8.35. The molecule has 0 aliphatic carbocycles. The van der Waals surface area contributed by atoms with Crippen molar-refractivity contribution in [3.63, 3.8) is 0 Å². The molecule has 0 bridgehead atoms. The number of fused-ring (bicyclic) bond motifs is 3. The van der Waals surface area contributed by atoms with Crippen molar-refractivity contribution in [1.29, 1.82) is 5.26 Å². The number of hydrazine groups is 1. The number of pyridine rings is 1. The predicted octanol–water partition coefficient (Wildman–Crippen LogP) is 0.428. The number of anilines is 1. The SMILES string of the molecule is C[C@@H](COCCC(=O)N1CCN2c3ncc(C(F)(F)F)cc3OCC[C@H]2C1)NC1CNNC(=O)C1C#N. The number of hydrogen-bond donors (Lipinski definition) is 3. The standard InChI is InChI=1S/C23H30F3N7O4/c1-14(30-18-11-29-31-22(35)17(18)9-27)13-36-6-3-20(34)32-4-5-33-16(12-32)2-7-37-19-8-15(23(24,25)26)10-28-21(19)33/h8,10,14,16-18,29-30H,2-7,11-13H2,1H3,(H,31,35)/t14-,16-,17?,18?/m0/s1. The summed E-state index contributed by atoms with van der Waals surface area (Å²) in [6.45, 7) is 4.33. The molecular formula is C23H30F3N7O4. The molecule has 4 atom stereocenters. The fraction of sp³-hybridized carbons (Fsp3) is 0.652. The summed E-state index contributed by atoms with van der Waals surface area (Å²) >= 11 is 0. The molecule has 0 radical (unpaired) electrons. The Morgan fingerprint density at radius 3 is 3.00 bits per heavy atom. The maximum Gasteiger partial charge on any atom is 0.418 e. The third-order valence-electron chi connectivity index (χ3n) is 6.66. The lowest BCUT2D eigenvalue weighted by molar-refractivity contribution is -0.138. The van der Waals surface area contributed by atoms with Gasteiger partial charge in [0, 0.05) is 50.9 Å². The number of nitrogens with zero attached hydrogens (tertiary/aromatic N) is 4. The van der Waals surface area contributed by atoms with Crippen LogP contribution in [0.25, 0.3) is 0 Å². The summed E-state index contributed by atoms with van der Waals surface area (Å²) in [6.07, 6.45) is -2.94. The van der Waals surface area contributed by atoms with Crippen LogP contribution in [0.15, 0.2) is 12.3 Å². The van der Waals surface area contributed by atoms with E-state index in [0.29, 0.717) is 45.0 Å². The largest absolute Gasteiger partial charge is 0.490 e. The van der Waals surface area contributed by atoms with Crippen LogP contribution >= 0.6 is 0 Å². The van der Waals surface area contributed by atoms with Crippen molar-refractivity contribution < 1.29 is 32.2 Å². The number of amides is 2. The zero-order valence-electron chi connectivity index (χ0n) is 20.4. The van der Waals surface area contributed by atoms with E-state index in [1.54, 1.807) is 4.90 Å². The van der Waals surface area contributed by atoms with Gasteiger partial charge in [0.2, 0.25) is 5.91 Å². The normalized spacial score (nSPS) is 24.6. The molecule has 0 saturated carbocycles. The quantitative estimate of drug-likeness (QED) is 0.434. The first-order valence-corrected chi connectivity index (χ1v) is 12.2. The van der Waals surface area contributed by atoms with E-state index in [0.717, 1.165) is 12.3 Å². The lowest BCUT2D eigenvalue weighted by atomic mass is 9.98. The first-order valence-electron chi connectivity index (χ1n) is 12.2. The van der Waals surface area contributed by atoms with Gasteiger partial charge >= 0.3 is 6.18 Å². The predicted molar refractivity (Wildman–Crippen MR) is 124 cm³/mol. The Bertz CT molecular complexity index is 1030. The van der Waals surface area contributed by atoms with Crippen LogP contribution in [-0.4, -0.2) is 85.8 Å². The monoisotopic (exact) mass is 525 g/mol. The van der Waals surface area contributed by atoms with Gasteiger partial charge in [-0.25, -0.2) is 10.4 Å². The second-order valence-corrected chi connectivity index (χ2v) is 9.34. The molecule has 1 aromatic heterocycles. The van der Waals surface area contributed by atoms with Crippen LogP contribution in [0.1, 0.15) is 25.3 Å². The number of hydrogen-bond acceptors (Lipinski definition) is 9. The second kappa shape index (κ2) is 11.5. The average molecular weight is 526 g/mol. The van der Waals surface area contributed by atoms with Gasteiger partial charge in [-0.3, -0.25) is 15.0 Å². The molecule has 2 fully saturated rings. The van der Waals surface area contributed by atoms with E-state index in [-0.39, 0.29) is 55.3 Å². The number of carbonyl (C=O) groups is 2. The number of piperazine rings is 1. The molecule has 3 aliphatic rings. The Labute approximate surface area is 212 Å². The first kappa shape index (κ1) is 26.9. The summed E-state index contributed by atoms with van der Waals surface area (Å²) in [4.78, 5) is 32.2. The van der Waals surface area contributed by atoms with Gasteiger partial charge in [-0.05, 0) is 13.0 Å². The minimum absolute atomic E-state index is 0.0660. The van der Waals surface area contributed by atoms with E-state index in [9.17, 15) is 28.0 Å². The summed E-state index contributed by atoms with van der Waals surface area (Å²) in [5, 5.41) is 12.4. The van der Waals surface area contributed by atoms with Gasteiger partial charge in [-0.2, -0.15) is 18.4 Å².